The van der Waals surface area contributed by atoms with E-state index in [0.29, 0.717) is 5.04 Å². The first kappa shape index (κ1) is 17.1. The highest BCUT2D eigenvalue weighted by Gasteiger charge is 2.25. The summed E-state index contributed by atoms with van der Waals surface area (Å²) in [6.07, 6.45) is 10.8. The van der Waals surface area contributed by atoms with Crippen LogP contribution in [0.2, 0.25) is 5.04 Å². The van der Waals surface area contributed by atoms with Crippen LogP contribution in [-0.2, 0) is 9.47 Å². The van der Waals surface area contributed by atoms with Crippen molar-refractivity contribution < 1.29 is 9.47 Å². The van der Waals surface area contributed by atoms with Crippen LogP contribution in [0.3, 0.4) is 0 Å². The maximum atomic E-state index is 5.16. The highest BCUT2D eigenvalue weighted by molar-refractivity contribution is 6.61. The van der Waals surface area contributed by atoms with Crippen LogP contribution in [0.25, 0.3) is 0 Å². The molecule has 104 valence electrons. The van der Waals surface area contributed by atoms with Crippen molar-refractivity contribution in [2.45, 2.75) is 64.3 Å². The Morgan fingerprint density at radius 2 is 1.06 bits per heavy atom. The van der Waals surface area contributed by atoms with Gasteiger partial charge in [-0.1, -0.05) is 59.3 Å². The molecule has 0 spiro atoms. The molecule has 0 aromatic heterocycles. The molecular weight excluding hydrogens is 228 g/mol. The summed E-state index contributed by atoms with van der Waals surface area (Å²) < 4.78 is 10.3. The monoisotopic (exact) mass is 260 g/mol. The van der Waals surface area contributed by atoms with Crippen molar-refractivity contribution in [1.82, 2.24) is 0 Å². The van der Waals surface area contributed by atoms with Gasteiger partial charge < -0.3 is 9.47 Å². The topological polar surface area (TPSA) is 18.5 Å². The van der Waals surface area contributed by atoms with Gasteiger partial charge in [0.15, 0.2) is 0 Å². The lowest BCUT2D eigenvalue weighted by atomic mass is 10.0. The van der Waals surface area contributed by atoms with E-state index in [1.165, 1.54) is 38.5 Å². The fraction of sp³-hybridized carbons (Fsp3) is 1.00. The van der Waals surface area contributed by atoms with Crippen molar-refractivity contribution in [3.8, 4) is 0 Å². The summed E-state index contributed by atoms with van der Waals surface area (Å²) >= 11 is 0. The predicted molar refractivity (Wildman–Crippen MR) is 78.3 cm³/mol. The first-order chi connectivity index (χ1) is 8.02. The van der Waals surface area contributed by atoms with Crippen LogP contribution in [0.4, 0.5) is 0 Å². The lowest BCUT2D eigenvalue weighted by Crippen LogP contribution is -2.36. The van der Waals surface area contributed by atoms with Crippen molar-refractivity contribution in [3.05, 3.63) is 0 Å². The minimum absolute atomic E-state index is 0.409. The van der Waals surface area contributed by atoms with Gasteiger partial charge in [0.25, 0.3) is 0 Å². The summed E-state index contributed by atoms with van der Waals surface area (Å²) in [4.78, 5) is 0. The maximum absolute atomic E-state index is 5.16. The van der Waals surface area contributed by atoms with Crippen molar-refractivity contribution in [2.75, 3.05) is 26.7 Å². The van der Waals surface area contributed by atoms with E-state index >= 15 is 0 Å². The fourth-order valence-electron chi connectivity index (χ4n) is 2.01. The molecule has 1 aliphatic rings. The highest BCUT2D eigenvalue weighted by atomic mass is 28.3. The molecule has 0 aliphatic heterocycles. The van der Waals surface area contributed by atoms with Gasteiger partial charge in [-0.05, 0) is 5.04 Å². The van der Waals surface area contributed by atoms with Crippen molar-refractivity contribution in [1.29, 1.82) is 0 Å². The van der Waals surface area contributed by atoms with Gasteiger partial charge in [-0.25, -0.2) is 0 Å². The Morgan fingerprint density at radius 1 is 0.765 bits per heavy atom. The zero-order chi connectivity index (χ0) is 13.1. The van der Waals surface area contributed by atoms with Crippen LogP contribution < -0.4 is 0 Å². The van der Waals surface area contributed by atoms with Gasteiger partial charge in [0.1, 0.15) is 8.80 Å². The first-order valence-electron chi connectivity index (χ1n) is 7.00. The Kier molecular flexibility index (Phi) is 10.2. The predicted octanol–water partition coefficient (Wildman–Crippen LogP) is 3.73. The molecule has 1 aliphatic carbocycles. The van der Waals surface area contributed by atoms with Gasteiger partial charge in [-0.2, -0.15) is 0 Å². The standard InChI is InChI=1S/C8H20O2Si.C6H12/c1-8(2,3)11(6-9-4)7-10-5;1-2-4-6-5-3-1/h11H,6-7H2,1-5H3;1-6H2. The number of methoxy groups -OCH3 is 2. The smallest absolute Gasteiger partial charge is 0.103 e. The minimum Gasteiger partial charge on any atom is -0.388 e. The SMILES string of the molecule is C1CCCCC1.COC[SiH](COC)C(C)(C)C. The van der Waals surface area contributed by atoms with Gasteiger partial charge >= 0.3 is 0 Å². The zero-order valence-corrected chi connectivity index (χ0v) is 13.7. The van der Waals surface area contributed by atoms with E-state index in [4.69, 9.17) is 9.47 Å². The maximum Gasteiger partial charge on any atom is 0.103 e. The molecule has 1 saturated carbocycles. The fourth-order valence-corrected chi connectivity index (χ4v) is 3.91. The van der Waals surface area contributed by atoms with Gasteiger partial charge in [-0.3, -0.25) is 0 Å². The molecule has 0 radical (unpaired) electrons. The van der Waals surface area contributed by atoms with Crippen LogP contribution in [-0.4, -0.2) is 35.5 Å². The van der Waals surface area contributed by atoms with E-state index in [-0.39, 0.29) is 0 Å². The third-order valence-electron chi connectivity index (χ3n) is 3.46. The third-order valence-corrected chi connectivity index (χ3v) is 7.38. The Morgan fingerprint density at radius 3 is 1.24 bits per heavy atom. The summed E-state index contributed by atoms with van der Waals surface area (Å²) in [5.41, 5.74) is 0. The molecule has 0 bridgehead atoms. The van der Waals surface area contributed by atoms with Gasteiger partial charge in [0.05, 0.1) is 0 Å². The van der Waals surface area contributed by atoms with Crippen molar-refractivity contribution in [3.63, 3.8) is 0 Å². The summed E-state index contributed by atoms with van der Waals surface area (Å²) in [7, 11) is 2.66. The van der Waals surface area contributed by atoms with Gasteiger partial charge in [0.2, 0.25) is 0 Å². The Balaban J connectivity index is 0.000000354. The Labute approximate surface area is 110 Å². The van der Waals surface area contributed by atoms with Crippen LogP contribution in [0.15, 0.2) is 0 Å². The summed E-state index contributed by atoms with van der Waals surface area (Å²) in [5, 5.41) is 0.409. The molecule has 0 heterocycles. The number of hydrogen-bond acceptors (Lipinski definition) is 2. The molecule has 0 amide bonds. The average Bonchev–Trinajstić information content (AvgIpc) is 2.31. The quantitative estimate of drug-likeness (QED) is 0.717. The third kappa shape index (κ3) is 9.80. The molecule has 0 aromatic carbocycles. The molecule has 1 rings (SSSR count). The number of rotatable bonds is 4. The van der Waals surface area contributed by atoms with Gasteiger partial charge in [0, 0.05) is 26.7 Å². The number of ether oxygens (including phenoxy) is 2. The molecule has 3 heteroatoms. The van der Waals surface area contributed by atoms with Crippen LogP contribution >= 0.6 is 0 Å². The summed E-state index contributed by atoms with van der Waals surface area (Å²) in [6.45, 7) is 6.80. The Hall–Kier alpha value is 0.137. The molecule has 0 atom stereocenters. The first-order valence-corrected chi connectivity index (χ1v) is 9.21. The largest absolute Gasteiger partial charge is 0.388 e. The zero-order valence-electron chi connectivity index (χ0n) is 12.6. The minimum atomic E-state index is -0.867. The summed E-state index contributed by atoms with van der Waals surface area (Å²) in [5.74, 6) is 0. The summed E-state index contributed by atoms with van der Waals surface area (Å²) in [6, 6.07) is 0. The van der Waals surface area contributed by atoms with Crippen LogP contribution in [0.5, 0.6) is 0 Å². The molecule has 0 aromatic rings. The van der Waals surface area contributed by atoms with Crippen LogP contribution in [0.1, 0.15) is 59.3 Å². The van der Waals surface area contributed by atoms with E-state index in [0.717, 1.165) is 12.5 Å². The van der Waals surface area contributed by atoms with Crippen LogP contribution in [0, 0.1) is 0 Å². The highest BCUT2D eigenvalue weighted by Crippen LogP contribution is 2.26. The van der Waals surface area contributed by atoms with Crippen molar-refractivity contribution in [2.24, 2.45) is 0 Å². The second-order valence-electron chi connectivity index (χ2n) is 6.09. The molecule has 2 nitrogen and oxygen atoms in total. The Bertz CT molecular complexity index is 145. The average molecular weight is 260 g/mol. The molecule has 17 heavy (non-hydrogen) atoms. The second kappa shape index (κ2) is 10.1. The van der Waals surface area contributed by atoms with E-state index in [1.54, 1.807) is 14.2 Å². The molecule has 0 saturated heterocycles. The molecule has 0 N–H and O–H groups in total. The molecule has 1 fully saturated rings. The second-order valence-corrected chi connectivity index (χ2v) is 9.89. The van der Waals surface area contributed by atoms with E-state index in [1.807, 2.05) is 0 Å². The van der Waals surface area contributed by atoms with E-state index in [9.17, 15) is 0 Å². The number of hydrogen-bond donors (Lipinski definition) is 0. The lowest BCUT2D eigenvalue weighted by molar-refractivity contribution is 0.217. The molecule has 0 unspecified atom stereocenters. The van der Waals surface area contributed by atoms with Crippen molar-refractivity contribution >= 4 is 8.80 Å². The van der Waals surface area contributed by atoms with E-state index < -0.39 is 8.80 Å². The normalized spacial score (nSPS) is 16.6. The molecular formula is C14H32O2Si. The van der Waals surface area contributed by atoms with E-state index in [2.05, 4.69) is 20.8 Å². The van der Waals surface area contributed by atoms with Gasteiger partial charge in [-0.15, -0.1) is 0 Å². The lowest BCUT2D eigenvalue weighted by Gasteiger charge is -2.27.